The molecule has 146 valence electrons. The van der Waals surface area contributed by atoms with E-state index in [1.54, 1.807) is 19.1 Å². The van der Waals surface area contributed by atoms with Gasteiger partial charge in [-0.1, -0.05) is 40.2 Å². The van der Waals surface area contributed by atoms with Crippen LogP contribution < -0.4 is 10.2 Å². The average Bonchev–Trinajstić information content (AvgIpc) is 3.15. The van der Waals surface area contributed by atoms with E-state index >= 15 is 0 Å². The highest BCUT2D eigenvalue weighted by Crippen LogP contribution is 2.29. The molecule has 5 nitrogen and oxygen atoms in total. The van der Waals surface area contributed by atoms with Crippen LogP contribution in [0.1, 0.15) is 29.3 Å². The van der Waals surface area contributed by atoms with E-state index in [0.29, 0.717) is 24.4 Å². The molecule has 0 radical (unpaired) electrons. The van der Waals surface area contributed by atoms with Crippen molar-refractivity contribution in [3.8, 4) is 0 Å². The Morgan fingerprint density at radius 3 is 2.93 bits per heavy atom. The summed E-state index contributed by atoms with van der Waals surface area (Å²) >= 11 is 3.52. The third-order valence-corrected chi connectivity index (χ3v) is 6.07. The number of nitrogens with one attached hydrogen (secondary N) is 1. The lowest BCUT2D eigenvalue weighted by molar-refractivity contribution is -0.139. The van der Waals surface area contributed by atoms with Crippen molar-refractivity contribution in [1.29, 1.82) is 0 Å². The highest BCUT2D eigenvalue weighted by atomic mass is 79.9. The molecule has 4 rings (SSSR count). The second-order valence-electron chi connectivity index (χ2n) is 7.74. The summed E-state index contributed by atoms with van der Waals surface area (Å²) in [7, 11) is 0. The van der Waals surface area contributed by atoms with Gasteiger partial charge < -0.3 is 15.0 Å². The monoisotopic (exact) mass is 442 g/mol. The summed E-state index contributed by atoms with van der Waals surface area (Å²) in [4.78, 5) is 27.4. The number of nitrogens with zero attached hydrogens (tertiary/aromatic N) is 1. The van der Waals surface area contributed by atoms with Crippen LogP contribution in [0.25, 0.3) is 0 Å². The summed E-state index contributed by atoms with van der Waals surface area (Å²) in [6.07, 6.45) is 1.42. The molecular weight excluding hydrogens is 420 g/mol. The highest BCUT2D eigenvalue weighted by molar-refractivity contribution is 9.10. The first-order valence-electron chi connectivity index (χ1n) is 9.55. The van der Waals surface area contributed by atoms with Gasteiger partial charge in [-0.05, 0) is 49.1 Å². The fourth-order valence-electron chi connectivity index (χ4n) is 3.99. The molecule has 2 aliphatic heterocycles. The minimum atomic E-state index is -1.16. The molecule has 0 aliphatic carbocycles. The first-order chi connectivity index (χ1) is 13.4. The maximum atomic E-state index is 12.8. The number of benzene rings is 2. The maximum Gasteiger partial charge on any atom is 0.339 e. The Kier molecular flexibility index (Phi) is 5.15. The molecule has 0 saturated carbocycles. The molecular formula is C22H23BrN2O3. The van der Waals surface area contributed by atoms with E-state index in [4.69, 9.17) is 4.74 Å². The van der Waals surface area contributed by atoms with Crippen LogP contribution in [0.3, 0.4) is 0 Å². The fourth-order valence-corrected chi connectivity index (χ4v) is 4.38. The van der Waals surface area contributed by atoms with Gasteiger partial charge in [-0.15, -0.1) is 0 Å². The van der Waals surface area contributed by atoms with E-state index in [1.165, 1.54) is 5.69 Å². The Bertz CT molecular complexity index is 916. The van der Waals surface area contributed by atoms with Crippen molar-refractivity contribution in [2.45, 2.75) is 25.4 Å². The lowest BCUT2D eigenvalue weighted by Gasteiger charge is -2.33. The van der Waals surface area contributed by atoms with E-state index in [9.17, 15) is 9.59 Å². The van der Waals surface area contributed by atoms with Gasteiger partial charge in [0.25, 0.3) is 5.91 Å². The maximum absolute atomic E-state index is 12.8. The van der Waals surface area contributed by atoms with Gasteiger partial charge in [-0.3, -0.25) is 4.79 Å². The normalized spacial score (nSPS) is 23.9. The highest BCUT2D eigenvalue weighted by Gasteiger charge is 2.42. The molecule has 1 saturated heterocycles. The van der Waals surface area contributed by atoms with Gasteiger partial charge in [0.05, 0.1) is 5.56 Å². The molecule has 0 bridgehead atoms. The summed E-state index contributed by atoms with van der Waals surface area (Å²) in [6.45, 7) is 4.14. The molecule has 2 heterocycles. The zero-order chi connectivity index (χ0) is 19.7. The van der Waals surface area contributed by atoms with Gasteiger partial charge in [0.2, 0.25) is 0 Å². The van der Waals surface area contributed by atoms with E-state index in [-0.39, 0.29) is 5.91 Å². The largest absolute Gasteiger partial charge is 0.445 e. The predicted molar refractivity (Wildman–Crippen MR) is 111 cm³/mol. The second kappa shape index (κ2) is 7.59. The zero-order valence-corrected chi connectivity index (χ0v) is 17.4. The fraction of sp³-hybridized carbons (Fsp3) is 0.364. The first kappa shape index (κ1) is 19.0. The molecule has 1 amide bonds. The Labute approximate surface area is 173 Å². The molecule has 2 atom stereocenters. The Balaban J connectivity index is 1.35. The number of fused-ring (bicyclic) bond motifs is 1. The summed E-state index contributed by atoms with van der Waals surface area (Å²) in [6, 6.07) is 15.6. The molecule has 2 aromatic rings. The lowest BCUT2D eigenvalue weighted by atomic mass is 9.89. The summed E-state index contributed by atoms with van der Waals surface area (Å²) in [5.41, 5.74) is 1.44. The predicted octanol–water partition coefficient (Wildman–Crippen LogP) is 3.56. The van der Waals surface area contributed by atoms with Crippen LogP contribution in [0.4, 0.5) is 5.69 Å². The van der Waals surface area contributed by atoms with Crippen LogP contribution in [0, 0.1) is 5.92 Å². The van der Waals surface area contributed by atoms with Crippen molar-refractivity contribution in [2.24, 2.45) is 5.92 Å². The van der Waals surface area contributed by atoms with Crippen molar-refractivity contribution in [1.82, 2.24) is 5.32 Å². The number of anilines is 1. The van der Waals surface area contributed by atoms with Gasteiger partial charge in [0.15, 0.2) is 5.60 Å². The lowest BCUT2D eigenvalue weighted by Crippen LogP contribution is -2.52. The Morgan fingerprint density at radius 1 is 1.29 bits per heavy atom. The SMILES string of the molecule is CC1(C(=O)NCC2CCN(c3cccc(Br)c3)C2)Cc2ccccc2C(=O)O1. The molecule has 0 spiro atoms. The number of ether oxygens (including phenoxy) is 1. The van der Waals surface area contributed by atoms with Crippen LogP contribution in [-0.2, 0) is 16.0 Å². The molecule has 1 fully saturated rings. The van der Waals surface area contributed by atoms with E-state index < -0.39 is 11.6 Å². The quantitative estimate of drug-likeness (QED) is 0.735. The van der Waals surface area contributed by atoms with Crippen molar-refractivity contribution in [2.75, 3.05) is 24.5 Å². The number of cyclic esters (lactones) is 1. The number of carbonyl (C=O) groups is 2. The number of rotatable bonds is 4. The van der Waals surface area contributed by atoms with Crippen LogP contribution in [0.15, 0.2) is 53.0 Å². The molecule has 1 N–H and O–H groups in total. The van der Waals surface area contributed by atoms with Gasteiger partial charge in [0.1, 0.15) is 0 Å². The topological polar surface area (TPSA) is 58.6 Å². The number of hydrogen-bond acceptors (Lipinski definition) is 4. The Morgan fingerprint density at radius 2 is 2.11 bits per heavy atom. The molecule has 28 heavy (non-hydrogen) atoms. The van der Waals surface area contributed by atoms with Crippen molar-refractivity contribution < 1.29 is 14.3 Å². The van der Waals surface area contributed by atoms with Gasteiger partial charge in [-0.25, -0.2) is 4.79 Å². The molecule has 6 heteroatoms. The smallest absolute Gasteiger partial charge is 0.339 e. The van der Waals surface area contributed by atoms with E-state index in [1.807, 2.05) is 24.3 Å². The average molecular weight is 443 g/mol. The first-order valence-corrected chi connectivity index (χ1v) is 10.3. The van der Waals surface area contributed by atoms with Crippen molar-refractivity contribution in [3.63, 3.8) is 0 Å². The minimum absolute atomic E-state index is 0.226. The third-order valence-electron chi connectivity index (χ3n) is 5.57. The van der Waals surface area contributed by atoms with Gasteiger partial charge in [-0.2, -0.15) is 0 Å². The summed E-state index contributed by atoms with van der Waals surface area (Å²) in [5, 5.41) is 3.02. The van der Waals surface area contributed by atoms with E-state index in [2.05, 4.69) is 38.3 Å². The molecule has 2 aliphatic rings. The second-order valence-corrected chi connectivity index (χ2v) is 8.66. The standard InChI is InChI=1S/C22H23BrN2O3/c1-22(12-16-5-2-3-8-19(16)20(26)28-22)21(27)24-13-15-9-10-25(14-15)18-7-4-6-17(23)11-18/h2-8,11,15H,9-10,12-14H2,1H3,(H,24,27). The number of halogens is 1. The van der Waals surface area contributed by atoms with Gasteiger partial charge in [0, 0.05) is 36.2 Å². The van der Waals surface area contributed by atoms with Crippen molar-refractivity contribution in [3.05, 3.63) is 64.1 Å². The molecule has 2 unspecified atom stereocenters. The zero-order valence-electron chi connectivity index (χ0n) is 15.8. The third kappa shape index (κ3) is 3.78. The van der Waals surface area contributed by atoms with Crippen LogP contribution in [-0.4, -0.2) is 37.1 Å². The summed E-state index contributed by atoms with van der Waals surface area (Å²) in [5.74, 6) is -0.282. The number of amides is 1. The summed E-state index contributed by atoms with van der Waals surface area (Å²) < 4.78 is 6.58. The Hall–Kier alpha value is -2.34. The number of esters is 1. The van der Waals surface area contributed by atoms with Crippen molar-refractivity contribution >= 4 is 33.5 Å². The minimum Gasteiger partial charge on any atom is -0.445 e. The number of hydrogen-bond donors (Lipinski definition) is 1. The van der Waals surface area contributed by atoms with Gasteiger partial charge >= 0.3 is 5.97 Å². The molecule has 0 aromatic heterocycles. The van der Waals surface area contributed by atoms with Crippen LogP contribution in [0.2, 0.25) is 0 Å². The number of carbonyl (C=O) groups excluding carboxylic acids is 2. The van der Waals surface area contributed by atoms with E-state index in [0.717, 1.165) is 29.5 Å². The van der Waals surface area contributed by atoms with Crippen LogP contribution >= 0.6 is 15.9 Å². The van der Waals surface area contributed by atoms with Crippen LogP contribution in [0.5, 0.6) is 0 Å². The molecule has 2 aromatic carbocycles.